The van der Waals surface area contributed by atoms with Gasteiger partial charge in [0.1, 0.15) is 0 Å². The molecule has 2 aromatic carbocycles. The zero-order chi connectivity index (χ0) is 14.9. The molecule has 0 fully saturated rings. The van der Waals surface area contributed by atoms with Gasteiger partial charge in [-0.3, -0.25) is 0 Å². The number of halogens is 4. The van der Waals surface area contributed by atoms with E-state index in [0.717, 1.165) is 17.7 Å². The Hall–Kier alpha value is -1.88. The van der Waals surface area contributed by atoms with Crippen molar-refractivity contribution in [2.24, 2.45) is 0 Å². The highest BCUT2D eigenvalue weighted by Crippen LogP contribution is 2.34. The third-order valence-electron chi connectivity index (χ3n) is 2.77. The van der Waals surface area contributed by atoms with Crippen LogP contribution in [0.25, 0.3) is 0 Å². The molecule has 0 atom stereocenters. The summed E-state index contributed by atoms with van der Waals surface area (Å²) in [6.07, 6.45) is -4.44. The summed E-state index contributed by atoms with van der Waals surface area (Å²) in [6.45, 7) is 1.83. The smallest absolute Gasteiger partial charge is 0.399 e. The van der Waals surface area contributed by atoms with Crippen molar-refractivity contribution >= 4 is 28.7 Å². The summed E-state index contributed by atoms with van der Waals surface area (Å²) in [5.74, 6) is 0. The topological polar surface area (TPSA) is 38.0 Å². The first-order valence-corrected chi connectivity index (χ1v) is 6.14. The van der Waals surface area contributed by atoms with Crippen molar-refractivity contribution in [3.63, 3.8) is 0 Å². The van der Waals surface area contributed by atoms with E-state index in [1.807, 2.05) is 6.92 Å². The Kier molecular flexibility index (Phi) is 3.81. The van der Waals surface area contributed by atoms with Crippen molar-refractivity contribution in [3.8, 4) is 0 Å². The molecule has 0 aliphatic carbocycles. The molecule has 0 aliphatic heterocycles. The predicted molar refractivity (Wildman–Crippen MR) is 75.3 cm³/mol. The maximum Gasteiger partial charge on any atom is 0.416 e. The van der Waals surface area contributed by atoms with Gasteiger partial charge in [-0.15, -0.1) is 0 Å². The van der Waals surface area contributed by atoms with E-state index in [1.54, 1.807) is 18.2 Å². The Bertz CT molecular complexity index is 639. The van der Waals surface area contributed by atoms with Crippen LogP contribution in [0.1, 0.15) is 11.1 Å². The van der Waals surface area contributed by atoms with Crippen LogP contribution in [0.4, 0.5) is 30.2 Å². The average Bonchev–Trinajstić information content (AvgIpc) is 2.32. The highest BCUT2D eigenvalue weighted by Gasteiger charge is 2.31. The largest absolute Gasteiger partial charge is 0.416 e. The van der Waals surface area contributed by atoms with Gasteiger partial charge in [0.05, 0.1) is 5.56 Å². The molecular weight excluding hydrogens is 289 g/mol. The number of benzene rings is 2. The van der Waals surface area contributed by atoms with Crippen LogP contribution in [0.15, 0.2) is 36.4 Å². The van der Waals surface area contributed by atoms with Gasteiger partial charge < -0.3 is 11.1 Å². The molecule has 0 saturated carbocycles. The van der Waals surface area contributed by atoms with E-state index in [4.69, 9.17) is 17.3 Å². The number of nitrogens with one attached hydrogen (secondary N) is 1. The first kappa shape index (κ1) is 14.5. The number of alkyl halides is 3. The average molecular weight is 301 g/mol. The summed E-state index contributed by atoms with van der Waals surface area (Å²) >= 11 is 5.73. The minimum absolute atomic E-state index is 0.0175. The molecule has 3 N–H and O–H groups in total. The van der Waals surface area contributed by atoms with E-state index in [2.05, 4.69) is 5.32 Å². The molecule has 2 nitrogen and oxygen atoms in total. The Balaban J connectivity index is 2.39. The van der Waals surface area contributed by atoms with Crippen LogP contribution in [0.3, 0.4) is 0 Å². The molecule has 0 unspecified atom stereocenters. The molecule has 2 aromatic rings. The number of anilines is 3. The van der Waals surface area contributed by atoms with E-state index >= 15 is 0 Å². The lowest BCUT2D eigenvalue weighted by molar-refractivity contribution is -0.137. The fourth-order valence-electron chi connectivity index (χ4n) is 1.76. The number of hydrogen-bond donors (Lipinski definition) is 2. The number of rotatable bonds is 2. The number of hydrogen-bond acceptors (Lipinski definition) is 2. The molecule has 0 amide bonds. The van der Waals surface area contributed by atoms with Gasteiger partial charge in [0.25, 0.3) is 0 Å². The first-order chi connectivity index (χ1) is 9.25. The number of nitrogens with two attached hydrogens (primary N) is 1. The summed E-state index contributed by atoms with van der Waals surface area (Å²) < 4.78 is 38.2. The maximum absolute atomic E-state index is 12.7. The zero-order valence-electron chi connectivity index (χ0n) is 10.6. The van der Waals surface area contributed by atoms with E-state index in [9.17, 15) is 13.2 Å². The normalized spacial score (nSPS) is 11.4. The number of aryl methyl sites for hydroxylation is 1. The van der Waals surface area contributed by atoms with Gasteiger partial charge in [0, 0.05) is 22.1 Å². The molecular formula is C14H12ClF3N2. The highest BCUT2D eigenvalue weighted by molar-refractivity contribution is 6.31. The van der Waals surface area contributed by atoms with Crippen LogP contribution < -0.4 is 11.1 Å². The van der Waals surface area contributed by atoms with Crippen LogP contribution in [0, 0.1) is 6.92 Å². The van der Waals surface area contributed by atoms with Gasteiger partial charge in [-0.05, 0) is 42.8 Å². The summed E-state index contributed by atoms with van der Waals surface area (Å²) in [6, 6.07) is 8.49. The molecule has 2 rings (SSSR count). The van der Waals surface area contributed by atoms with E-state index in [1.165, 1.54) is 6.07 Å². The minimum Gasteiger partial charge on any atom is -0.399 e. The third kappa shape index (κ3) is 3.36. The number of nitrogen functional groups attached to an aromatic ring is 1. The molecule has 106 valence electrons. The van der Waals surface area contributed by atoms with Gasteiger partial charge in [-0.2, -0.15) is 13.2 Å². The molecule has 0 heterocycles. The van der Waals surface area contributed by atoms with Crippen molar-refractivity contribution < 1.29 is 13.2 Å². The second-order valence-corrected chi connectivity index (χ2v) is 4.86. The SMILES string of the molecule is Cc1ccc(N)cc1Nc1cc(Cl)cc(C(F)(F)F)c1. The molecule has 20 heavy (non-hydrogen) atoms. The van der Waals surface area contributed by atoms with Crippen LogP contribution >= 0.6 is 11.6 Å². The zero-order valence-corrected chi connectivity index (χ0v) is 11.3. The van der Waals surface area contributed by atoms with Gasteiger partial charge >= 0.3 is 6.18 Å². The fourth-order valence-corrected chi connectivity index (χ4v) is 1.99. The second-order valence-electron chi connectivity index (χ2n) is 4.43. The Labute approximate surface area is 119 Å². The van der Waals surface area contributed by atoms with Gasteiger partial charge in [0.2, 0.25) is 0 Å². The van der Waals surface area contributed by atoms with Gasteiger partial charge in [-0.1, -0.05) is 17.7 Å². The lowest BCUT2D eigenvalue weighted by atomic mass is 10.1. The lowest BCUT2D eigenvalue weighted by Gasteiger charge is -2.13. The quantitative estimate of drug-likeness (QED) is 0.767. The van der Waals surface area contributed by atoms with E-state index in [-0.39, 0.29) is 10.7 Å². The Morgan fingerprint density at radius 1 is 1.10 bits per heavy atom. The van der Waals surface area contributed by atoms with Gasteiger partial charge in [0.15, 0.2) is 0 Å². The van der Waals surface area contributed by atoms with Crippen LogP contribution in [-0.2, 0) is 6.18 Å². The Morgan fingerprint density at radius 3 is 2.45 bits per heavy atom. The summed E-state index contributed by atoms with van der Waals surface area (Å²) in [4.78, 5) is 0. The summed E-state index contributed by atoms with van der Waals surface area (Å²) in [5.41, 5.74) is 7.16. The van der Waals surface area contributed by atoms with Crippen LogP contribution in [-0.4, -0.2) is 0 Å². The van der Waals surface area contributed by atoms with Crippen LogP contribution in [0.2, 0.25) is 5.02 Å². The van der Waals surface area contributed by atoms with E-state index in [0.29, 0.717) is 11.4 Å². The van der Waals surface area contributed by atoms with Crippen molar-refractivity contribution in [1.29, 1.82) is 0 Å². The fraction of sp³-hybridized carbons (Fsp3) is 0.143. The predicted octanol–water partition coefficient (Wildman–Crippen LogP) is 4.99. The molecule has 0 radical (unpaired) electrons. The first-order valence-electron chi connectivity index (χ1n) is 5.76. The summed E-state index contributed by atoms with van der Waals surface area (Å²) in [7, 11) is 0. The molecule has 0 saturated heterocycles. The molecule has 6 heteroatoms. The standard InChI is InChI=1S/C14H12ClF3N2/c1-8-2-3-11(19)7-13(8)20-12-5-9(14(16,17)18)4-10(15)6-12/h2-7,20H,19H2,1H3. The Morgan fingerprint density at radius 2 is 1.80 bits per heavy atom. The molecule has 0 aliphatic rings. The third-order valence-corrected chi connectivity index (χ3v) is 2.98. The van der Waals surface area contributed by atoms with Crippen molar-refractivity contribution in [2.45, 2.75) is 13.1 Å². The van der Waals surface area contributed by atoms with Crippen LogP contribution in [0.5, 0.6) is 0 Å². The minimum atomic E-state index is -4.44. The van der Waals surface area contributed by atoms with E-state index < -0.39 is 11.7 Å². The monoisotopic (exact) mass is 300 g/mol. The lowest BCUT2D eigenvalue weighted by Crippen LogP contribution is -2.05. The second kappa shape index (κ2) is 5.25. The molecule has 0 aromatic heterocycles. The van der Waals surface area contributed by atoms with Crippen molar-refractivity contribution in [1.82, 2.24) is 0 Å². The van der Waals surface area contributed by atoms with Crippen molar-refractivity contribution in [2.75, 3.05) is 11.1 Å². The maximum atomic E-state index is 12.7. The molecule has 0 spiro atoms. The van der Waals surface area contributed by atoms with Gasteiger partial charge in [-0.25, -0.2) is 0 Å². The summed E-state index contributed by atoms with van der Waals surface area (Å²) in [5, 5.41) is 2.92. The highest BCUT2D eigenvalue weighted by atomic mass is 35.5. The molecule has 0 bridgehead atoms. The van der Waals surface area contributed by atoms with Crippen molar-refractivity contribution in [3.05, 3.63) is 52.5 Å².